The minimum absolute atomic E-state index is 0.129. The van der Waals surface area contributed by atoms with E-state index >= 15 is 0 Å². The van der Waals surface area contributed by atoms with E-state index in [1.165, 1.54) is 9.80 Å². The Kier molecular flexibility index (Phi) is 14.7. The van der Waals surface area contributed by atoms with Gasteiger partial charge in [-0.1, -0.05) is 45.4 Å². The number of hydrogen-bond donors (Lipinski definition) is 4. The van der Waals surface area contributed by atoms with Crippen LogP contribution in [0, 0.1) is 5.92 Å². The zero-order valence-corrected chi connectivity index (χ0v) is 27.1. The van der Waals surface area contributed by atoms with E-state index in [0.717, 1.165) is 12.0 Å². The highest BCUT2D eigenvalue weighted by Crippen LogP contribution is 2.24. The zero-order valence-electron chi connectivity index (χ0n) is 27.1. The van der Waals surface area contributed by atoms with Crippen molar-refractivity contribution < 1.29 is 38.3 Å². The molecule has 0 aromatic carbocycles. The van der Waals surface area contributed by atoms with E-state index in [1.54, 1.807) is 34.0 Å². The molecule has 1 fully saturated rings. The van der Waals surface area contributed by atoms with Gasteiger partial charge in [0.25, 0.3) is 5.91 Å². The Labute approximate surface area is 264 Å². The fraction of sp³-hybridized carbons (Fsp3) is 0.645. The Bertz CT molecular complexity index is 1180. The number of amides is 6. The molecule has 2 rings (SSSR count). The molecule has 0 spiro atoms. The molecule has 0 aromatic rings. The van der Waals surface area contributed by atoms with Gasteiger partial charge >= 0.3 is 6.09 Å². The first kappa shape index (κ1) is 37.0. The van der Waals surface area contributed by atoms with Gasteiger partial charge in [-0.25, -0.2) is 4.79 Å². The van der Waals surface area contributed by atoms with Crippen molar-refractivity contribution in [2.24, 2.45) is 5.92 Å². The molecule has 14 nitrogen and oxygen atoms in total. The van der Waals surface area contributed by atoms with Crippen molar-refractivity contribution in [3.05, 3.63) is 23.8 Å². The third-order valence-electron chi connectivity index (χ3n) is 7.44. The third kappa shape index (κ3) is 11.3. The number of carbonyl (C=O) groups is 7. The van der Waals surface area contributed by atoms with Gasteiger partial charge < -0.3 is 35.8 Å². The van der Waals surface area contributed by atoms with Crippen LogP contribution in [0.5, 0.6) is 0 Å². The molecule has 1 saturated heterocycles. The highest BCUT2D eigenvalue weighted by Gasteiger charge is 2.40. The number of rotatable bonds is 15. The maximum absolute atomic E-state index is 13.3. The molecule has 1 aliphatic heterocycles. The fourth-order valence-electron chi connectivity index (χ4n) is 5.07. The number of Topliss-reactive ketones (excluding diaryl/α,β-unsaturated/α-hetero) is 1. The van der Waals surface area contributed by atoms with Gasteiger partial charge in [-0.15, -0.1) is 0 Å². The number of likely N-dealkylation sites (tertiary alicyclic amines) is 1. The predicted molar refractivity (Wildman–Crippen MR) is 165 cm³/mol. The van der Waals surface area contributed by atoms with Crippen molar-refractivity contribution in [2.75, 3.05) is 33.8 Å². The summed E-state index contributed by atoms with van der Waals surface area (Å²) in [7, 11) is 3.15. The number of allylic oxidation sites excluding steroid dienone is 3. The molecule has 250 valence electrons. The topological polar surface area (TPSA) is 183 Å². The van der Waals surface area contributed by atoms with Gasteiger partial charge in [0.05, 0.1) is 19.2 Å². The van der Waals surface area contributed by atoms with Crippen LogP contribution in [-0.2, 0) is 33.5 Å². The third-order valence-corrected chi connectivity index (χ3v) is 7.44. The Hall–Kier alpha value is -4.23. The molecule has 4 N–H and O–H groups in total. The number of ketones is 1. The van der Waals surface area contributed by atoms with Crippen molar-refractivity contribution >= 4 is 41.4 Å². The normalized spacial score (nSPS) is 18.7. The van der Waals surface area contributed by atoms with E-state index in [9.17, 15) is 33.6 Å². The molecule has 1 heterocycles. The molecule has 2 aliphatic rings. The number of nitrogens with one attached hydrogen (secondary N) is 4. The summed E-state index contributed by atoms with van der Waals surface area (Å²) in [5.74, 6) is -3.91. The lowest BCUT2D eigenvalue weighted by molar-refractivity contribution is -0.143. The smallest absolute Gasteiger partial charge is 0.407 e. The number of likely N-dealkylation sites (N-methyl/N-ethyl adjacent to an activating group) is 1. The summed E-state index contributed by atoms with van der Waals surface area (Å²) in [6, 6.07) is -3.26. The number of carbonyl (C=O) groups excluding carboxylic acids is 7. The van der Waals surface area contributed by atoms with E-state index in [0.29, 0.717) is 25.7 Å². The number of alkyl carbamates (subject to hydrolysis) is 1. The molecule has 6 amide bonds. The molecule has 0 saturated carbocycles. The molecule has 0 aromatic heterocycles. The highest BCUT2D eigenvalue weighted by atomic mass is 16.5. The van der Waals surface area contributed by atoms with Gasteiger partial charge in [0.2, 0.25) is 29.4 Å². The van der Waals surface area contributed by atoms with Crippen LogP contribution < -0.4 is 21.3 Å². The van der Waals surface area contributed by atoms with Crippen LogP contribution in [0.2, 0.25) is 0 Å². The maximum atomic E-state index is 13.3. The van der Waals surface area contributed by atoms with Crippen molar-refractivity contribution in [2.45, 2.75) is 90.4 Å². The summed E-state index contributed by atoms with van der Waals surface area (Å²) in [4.78, 5) is 92.1. The molecule has 45 heavy (non-hydrogen) atoms. The Morgan fingerprint density at radius 3 is 2.33 bits per heavy atom. The Balaban J connectivity index is 1.98. The summed E-state index contributed by atoms with van der Waals surface area (Å²) in [5.41, 5.74) is 0.730. The van der Waals surface area contributed by atoms with E-state index in [1.807, 2.05) is 26.0 Å². The second-order valence-corrected chi connectivity index (χ2v) is 11.9. The molecular weight excluding hydrogens is 584 g/mol. The van der Waals surface area contributed by atoms with Gasteiger partial charge in [-0.2, -0.15) is 0 Å². The van der Waals surface area contributed by atoms with Crippen molar-refractivity contribution in [3.63, 3.8) is 0 Å². The second-order valence-electron chi connectivity index (χ2n) is 11.9. The van der Waals surface area contributed by atoms with Crippen LogP contribution in [-0.4, -0.2) is 109 Å². The number of hydrogen-bond acceptors (Lipinski definition) is 8. The Morgan fingerprint density at radius 2 is 1.73 bits per heavy atom. The van der Waals surface area contributed by atoms with E-state index < -0.39 is 60.2 Å². The lowest BCUT2D eigenvalue weighted by Crippen LogP contribution is -2.56. The predicted octanol–water partition coefficient (Wildman–Crippen LogP) is 0.568. The van der Waals surface area contributed by atoms with Crippen LogP contribution >= 0.6 is 0 Å². The first-order valence-electron chi connectivity index (χ1n) is 15.5. The molecule has 1 aliphatic carbocycles. The largest absolute Gasteiger partial charge is 0.449 e. The van der Waals surface area contributed by atoms with Gasteiger partial charge in [-0.3, -0.25) is 28.8 Å². The molecule has 14 heteroatoms. The minimum atomic E-state index is -1.18. The van der Waals surface area contributed by atoms with E-state index in [2.05, 4.69) is 21.3 Å². The highest BCUT2D eigenvalue weighted by molar-refractivity contribution is 6.38. The quantitative estimate of drug-likeness (QED) is 0.189. The zero-order chi connectivity index (χ0) is 33.7. The SMILES string of the molecule is CCCC(NC(=O)[C@@H]1CC[C@H](C)N1C(=O)CNC(=O)OCC(C)C)C(=O)C(=O)NCC(=O)NC(C(=O)N(C)C)C1=CC=CCC1. The van der Waals surface area contributed by atoms with Crippen LogP contribution in [0.3, 0.4) is 0 Å². The minimum Gasteiger partial charge on any atom is -0.449 e. The summed E-state index contributed by atoms with van der Waals surface area (Å²) in [6.45, 7) is 6.62. The van der Waals surface area contributed by atoms with Crippen molar-refractivity contribution in [1.29, 1.82) is 0 Å². The lowest BCUT2D eigenvalue weighted by Gasteiger charge is -2.29. The maximum Gasteiger partial charge on any atom is 0.407 e. The number of ether oxygens (including phenoxy) is 1. The van der Waals surface area contributed by atoms with Gasteiger partial charge in [-0.05, 0) is 50.5 Å². The van der Waals surface area contributed by atoms with E-state index in [-0.39, 0.29) is 37.4 Å². The lowest BCUT2D eigenvalue weighted by atomic mass is 9.97. The molecule has 0 bridgehead atoms. The van der Waals surface area contributed by atoms with Gasteiger partial charge in [0, 0.05) is 20.1 Å². The summed E-state index contributed by atoms with van der Waals surface area (Å²) < 4.78 is 5.02. The van der Waals surface area contributed by atoms with Crippen LogP contribution in [0.15, 0.2) is 23.8 Å². The second kappa shape index (κ2) is 17.9. The number of nitrogens with zero attached hydrogens (tertiary/aromatic N) is 2. The standard InChI is InChI=1S/C31H48N6O8/c1-7-11-22(34-28(41)23-15-14-20(4)37(23)25(39)17-33-31(44)45-18-19(2)3)27(40)29(42)32-16-24(38)35-26(30(43)36(5)6)21-12-9-8-10-13-21/h8-9,12,19-20,22-23,26H,7,10-11,13-18H2,1-6H3,(H,32,42)(H,33,44)(H,34,41)(H,35,38)/t20-,22?,23-,26?/m0/s1. The molecule has 4 atom stereocenters. The Morgan fingerprint density at radius 1 is 1.02 bits per heavy atom. The molecule has 0 radical (unpaired) electrons. The van der Waals surface area contributed by atoms with Gasteiger partial charge in [0.1, 0.15) is 18.6 Å². The molecule has 2 unspecified atom stereocenters. The van der Waals surface area contributed by atoms with Crippen molar-refractivity contribution in [1.82, 2.24) is 31.1 Å². The van der Waals surface area contributed by atoms with E-state index in [4.69, 9.17) is 4.74 Å². The summed E-state index contributed by atoms with van der Waals surface area (Å²) in [6.07, 6.45) is 7.62. The molecular formula is C31H48N6O8. The summed E-state index contributed by atoms with van der Waals surface area (Å²) in [5, 5.41) is 9.94. The van der Waals surface area contributed by atoms with Crippen LogP contribution in [0.25, 0.3) is 0 Å². The van der Waals surface area contributed by atoms with Crippen LogP contribution in [0.1, 0.15) is 66.2 Å². The van der Waals surface area contributed by atoms with Crippen LogP contribution in [0.4, 0.5) is 4.79 Å². The van der Waals surface area contributed by atoms with Gasteiger partial charge in [0.15, 0.2) is 0 Å². The monoisotopic (exact) mass is 632 g/mol. The summed E-state index contributed by atoms with van der Waals surface area (Å²) >= 11 is 0. The first-order chi connectivity index (χ1) is 21.3. The first-order valence-corrected chi connectivity index (χ1v) is 15.5. The average molecular weight is 633 g/mol. The fourth-order valence-corrected chi connectivity index (χ4v) is 5.07. The average Bonchev–Trinajstić information content (AvgIpc) is 3.40. The van der Waals surface area contributed by atoms with Crippen molar-refractivity contribution in [3.8, 4) is 0 Å².